The SMILES string of the molecule is CC/C=C\C/C=C\C/C=C\C/C=C\CCCCCCC(=O)OCC(COCCCCCCCC/C=C\CCCC)OC(=O)CCCCCCCCC/C=C\CCCCCCCC. The van der Waals surface area contributed by atoms with Gasteiger partial charge in [0.2, 0.25) is 0 Å². The molecule has 0 radical (unpaired) electrons. The zero-order valence-corrected chi connectivity index (χ0v) is 41.1. The van der Waals surface area contributed by atoms with Crippen LogP contribution < -0.4 is 0 Å². The first-order valence-corrected chi connectivity index (χ1v) is 26.5. The predicted octanol–water partition coefficient (Wildman–Crippen LogP) is 17.9. The molecule has 0 fully saturated rings. The summed E-state index contributed by atoms with van der Waals surface area (Å²) in [5.74, 6) is -0.429. The number of hydrogen-bond acceptors (Lipinski definition) is 5. The van der Waals surface area contributed by atoms with Crippen LogP contribution in [0.25, 0.3) is 0 Å². The molecule has 5 heteroatoms. The molecular weight excluding hydrogens is 765 g/mol. The third-order valence-electron chi connectivity index (χ3n) is 11.2. The molecule has 0 heterocycles. The first kappa shape index (κ1) is 59.3. The van der Waals surface area contributed by atoms with Gasteiger partial charge < -0.3 is 14.2 Å². The van der Waals surface area contributed by atoms with E-state index in [1.165, 1.54) is 128 Å². The van der Waals surface area contributed by atoms with E-state index in [1.54, 1.807) is 0 Å². The number of allylic oxidation sites excluding steroid dienone is 12. The minimum atomic E-state index is -0.553. The highest BCUT2D eigenvalue weighted by molar-refractivity contribution is 5.70. The van der Waals surface area contributed by atoms with Gasteiger partial charge in [0, 0.05) is 19.4 Å². The quantitative estimate of drug-likeness (QED) is 0.0346. The van der Waals surface area contributed by atoms with Gasteiger partial charge in [-0.15, -0.1) is 0 Å². The minimum absolute atomic E-state index is 0.0670. The van der Waals surface area contributed by atoms with Crippen LogP contribution >= 0.6 is 0 Å². The van der Waals surface area contributed by atoms with Crippen LogP contribution in [0.4, 0.5) is 0 Å². The van der Waals surface area contributed by atoms with Crippen molar-refractivity contribution in [1.29, 1.82) is 0 Å². The van der Waals surface area contributed by atoms with Gasteiger partial charge in [0.05, 0.1) is 6.61 Å². The van der Waals surface area contributed by atoms with Crippen LogP contribution in [0.1, 0.15) is 252 Å². The topological polar surface area (TPSA) is 61.8 Å². The van der Waals surface area contributed by atoms with E-state index in [-0.39, 0.29) is 25.2 Å². The molecule has 358 valence electrons. The molecular formula is C57H100O5. The molecule has 0 spiro atoms. The molecule has 1 atom stereocenters. The van der Waals surface area contributed by atoms with E-state index in [9.17, 15) is 9.59 Å². The first-order chi connectivity index (χ1) is 30.6. The van der Waals surface area contributed by atoms with E-state index in [0.717, 1.165) is 89.9 Å². The van der Waals surface area contributed by atoms with Crippen molar-refractivity contribution < 1.29 is 23.8 Å². The fourth-order valence-electron chi connectivity index (χ4n) is 7.24. The first-order valence-electron chi connectivity index (χ1n) is 26.5. The zero-order valence-electron chi connectivity index (χ0n) is 41.1. The van der Waals surface area contributed by atoms with Crippen LogP contribution in [0.5, 0.6) is 0 Å². The van der Waals surface area contributed by atoms with Gasteiger partial charge in [0.25, 0.3) is 0 Å². The number of carbonyl (C=O) groups excluding carboxylic acids is 2. The Bertz CT molecular complexity index is 1110. The highest BCUT2D eigenvalue weighted by Crippen LogP contribution is 2.14. The molecule has 5 nitrogen and oxygen atoms in total. The fourth-order valence-corrected chi connectivity index (χ4v) is 7.24. The summed E-state index contributed by atoms with van der Waals surface area (Å²) >= 11 is 0. The summed E-state index contributed by atoms with van der Waals surface area (Å²) in [6, 6.07) is 0. The summed E-state index contributed by atoms with van der Waals surface area (Å²) in [6.07, 6.45) is 67.6. The molecule has 0 aliphatic rings. The van der Waals surface area contributed by atoms with E-state index in [1.807, 2.05) is 0 Å². The van der Waals surface area contributed by atoms with E-state index in [4.69, 9.17) is 14.2 Å². The Morgan fingerprint density at radius 2 is 0.742 bits per heavy atom. The van der Waals surface area contributed by atoms with Gasteiger partial charge in [-0.25, -0.2) is 0 Å². The lowest BCUT2D eigenvalue weighted by Crippen LogP contribution is -2.30. The van der Waals surface area contributed by atoms with Crippen molar-refractivity contribution in [2.24, 2.45) is 0 Å². The smallest absolute Gasteiger partial charge is 0.306 e. The maximum Gasteiger partial charge on any atom is 0.306 e. The highest BCUT2D eigenvalue weighted by atomic mass is 16.6. The Hall–Kier alpha value is -2.66. The number of carbonyl (C=O) groups is 2. The summed E-state index contributed by atoms with van der Waals surface area (Å²) in [4.78, 5) is 25.4. The summed E-state index contributed by atoms with van der Waals surface area (Å²) < 4.78 is 17.4. The third kappa shape index (κ3) is 50.0. The molecule has 0 bridgehead atoms. The number of esters is 2. The van der Waals surface area contributed by atoms with Crippen molar-refractivity contribution >= 4 is 11.9 Å². The van der Waals surface area contributed by atoms with Crippen LogP contribution in [-0.4, -0.2) is 37.9 Å². The Balaban J connectivity index is 4.30. The Kier molecular flexibility index (Phi) is 50.4. The lowest BCUT2D eigenvalue weighted by atomic mass is 10.1. The Morgan fingerprint density at radius 3 is 1.23 bits per heavy atom. The molecule has 0 aromatic rings. The van der Waals surface area contributed by atoms with Gasteiger partial charge in [-0.2, -0.15) is 0 Å². The standard InChI is InChI=1S/C57H100O5/c1-4-7-10-13-16-19-22-25-27-29-31-33-35-38-41-44-47-50-56(58)61-54-55(53-60-52-49-46-43-40-37-24-21-18-15-12-9-6-3)62-57(59)51-48-45-42-39-36-34-32-30-28-26-23-20-17-14-11-8-5-2/h7,10,15-16,18-19,25-28,31,33,55H,4-6,8-9,11-14,17,20-24,29-30,32,34-54H2,1-3H3/b10-7-,18-15-,19-16-,27-25-,28-26-,33-31-. The van der Waals surface area contributed by atoms with Crippen molar-refractivity contribution in [1.82, 2.24) is 0 Å². The fraction of sp³-hybridized carbons (Fsp3) is 0.754. The molecule has 0 saturated carbocycles. The van der Waals surface area contributed by atoms with E-state index < -0.39 is 6.10 Å². The van der Waals surface area contributed by atoms with Crippen LogP contribution in [-0.2, 0) is 23.8 Å². The van der Waals surface area contributed by atoms with Gasteiger partial charge in [0.1, 0.15) is 6.61 Å². The number of rotatable bonds is 48. The summed E-state index contributed by atoms with van der Waals surface area (Å²) in [6.45, 7) is 7.65. The summed E-state index contributed by atoms with van der Waals surface area (Å²) in [5, 5.41) is 0. The van der Waals surface area contributed by atoms with Crippen LogP contribution in [0.3, 0.4) is 0 Å². The second kappa shape index (κ2) is 52.7. The third-order valence-corrected chi connectivity index (χ3v) is 11.2. The van der Waals surface area contributed by atoms with Crippen molar-refractivity contribution in [3.63, 3.8) is 0 Å². The summed E-state index contributed by atoms with van der Waals surface area (Å²) in [7, 11) is 0. The van der Waals surface area contributed by atoms with Crippen molar-refractivity contribution in [2.45, 2.75) is 258 Å². The average molecular weight is 865 g/mol. The monoisotopic (exact) mass is 865 g/mol. The lowest BCUT2D eigenvalue weighted by molar-refractivity contribution is -0.163. The molecule has 0 aromatic carbocycles. The highest BCUT2D eigenvalue weighted by Gasteiger charge is 2.17. The molecule has 0 aromatic heterocycles. The van der Waals surface area contributed by atoms with Gasteiger partial charge >= 0.3 is 11.9 Å². The van der Waals surface area contributed by atoms with Gasteiger partial charge in [0.15, 0.2) is 6.10 Å². The van der Waals surface area contributed by atoms with E-state index in [2.05, 4.69) is 93.7 Å². The minimum Gasteiger partial charge on any atom is -0.462 e. The molecule has 1 unspecified atom stereocenters. The molecule has 0 amide bonds. The van der Waals surface area contributed by atoms with E-state index in [0.29, 0.717) is 19.4 Å². The molecule has 0 aliphatic heterocycles. The zero-order chi connectivity index (χ0) is 44.9. The number of unbranched alkanes of at least 4 members (excludes halogenated alkanes) is 25. The maximum atomic E-state index is 12.8. The second-order valence-electron chi connectivity index (χ2n) is 17.4. The molecule has 62 heavy (non-hydrogen) atoms. The van der Waals surface area contributed by atoms with Crippen molar-refractivity contribution in [3.05, 3.63) is 72.9 Å². The molecule has 0 aliphatic carbocycles. The molecule has 0 saturated heterocycles. The maximum absolute atomic E-state index is 12.8. The van der Waals surface area contributed by atoms with E-state index >= 15 is 0 Å². The van der Waals surface area contributed by atoms with Gasteiger partial charge in [-0.1, -0.05) is 209 Å². The normalized spacial score (nSPS) is 12.8. The van der Waals surface area contributed by atoms with Crippen LogP contribution in [0.2, 0.25) is 0 Å². The van der Waals surface area contributed by atoms with Crippen LogP contribution in [0.15, 0.2) is 72.9 Å². The number of hydrogen-bond donors (Lipinski definition) is 0. The van der Waals surface area contributed by atoms with Gasteiger partial charge in [-0.3, -0.25) is 9.59 Å². The molecule has 0 N–H and O–H groups in total. The summed E-state index contributed by atoms with van der Waals surface area (Å²) in [5.41, 5.74) is 0. The lowest BCUT2D eigenvalue weighted by Gasteiger charge is -2.18. The molecule has 0 rings (SSSR count). The van der Waals surface area contributed by atoms with Gasteiger partial charge in [-0.05, 0) is 103 Å². The van der Waals surface area contributed by atoms with Crippen LogP contribution in [0, 0.1) is 0 Å². The second-order valence-corrected chi connectivity index (χ2v) is 17.4. The largest absolute Gasteiger partial charge is 0.462 e. The predicted molar refractivity (Wildman–Crippen MR) is 270 cm³/mol. The average Bonchev–Trinajstić information content (AvgIpc) is 3.27. The van der Waals surface area contributed by atoms with Crippen molar-refractivity contribution in [3.8, 4) is 0 Å². The Labute approximate surface area is 385 Å². The Morgan fingerprint density at radius 1 is 0.371 bits per heavy atom. The number of ether oxygens (including phenoxy) is 3. The van der Waals surface area contributed by atoms with Crippen molar-refractivity contribution in [2.75, 3.05) is 19.8 Å².